The van der Waals surface area contributed by atoms with Gasteiger partial charge < -0.3 is 16.0 Å². The molecule has 6 heteroatoms. The number of carbonyl (C=O) groups is 1. The quantitative estimate of drug-likeness (QED) is 0.720. The first-order valence-electron chi connectivity index (χ1n) is 6.33. The van der Waals surface area contributed by atoms with Crippen molar-refractivity contribution in [2.75, 3.05) is 5.73 Å². The van der Waals surface area contributed by atoms with E-state index in [1.807, 2.05) is 4.57 Å². The summed E-state index contributed by atoms with van der Waals surface area (Å²) in [6.45, 7) is 0.513. The SMILES string of the molecule is NC(=O)c1cc2c(cc1N)ncn2Cc1ccc(F)cc1. The van der Waals surface area contributed by atoms with E-state index >= 15 is 0 Å². The van der Waals surface area contributed by atoms with Gasteiger partial charge in [0.2, 0.25) is 0 Å². The van der Waals surface area contributed by atoms with Crippen LogP contribution in [-0.4, -0.2) is 15.5 Å². The monoisotopic (exact) mass is 284 g/mol. The molecule has 0 saturated carbocycles. The second kappa shape index (κ2) is 4.90. The topological polar surface area (TPSA) is 86.9 Å². The maximum absolute atomic E-state index is 12.9. The summed E-state index contributed by atoms with van der Waals surface area (Å²) in [4.78, 5) is 15.6. The summed E-state index contributed by atoms with van der Waals surface area (Å²) < 4.78 is 14.8. The molecule has 0 aliphatic heterocycles. The van der Waals surface area contributed by atoms with Gasteiger partial charge in [0.1, 0.15) is 5.82 Å². The first-order valence-corrected chi connectivity index (χ1v) is 6.33. The van der Waals surface area contributed by atoms with Crippen molar-refractivity contribution >= 4 is 22.6 Å². The largest absolute Gasteiger partial charge is 0.398 e. The third-order valence-corrected chi connectivity index (χ3v) is 3.32. The van der Waals surface area contributed by atoms with E-state index in [4.69, 9.17) is 11.5 Å². The van der Waals surface area contributed by atoms with Crippen LogP contribution in [0.2, 0.25) is 0 Å². The summed E-state index contributed by atoms with van der Waals surface area (Å²) >= 11 is 0. The maximum Gasteiger partial charge on any atom is 0.250 e. The standard InChI is InChI=1S/C15H13FN4O/c16-10-3-1-9(2-4-10)7-20-8-19-13-6-12(17)11(15(18)21)5-14(13)20/h1-6,8H,7,17H2,(H2,18,21). The lowest BCUT2D eigenvalue weighted by atomic mass is 10.1. The number of aromatic nitrogens is 2. The minimum Gasteiger partial charge on any atom is -0.398 e. The number of imidazole rings is 1. The Morgan fingerprint density at radius 1 is 1.24 bits per heavy atom. The Kier molecular flexibility index (Phi) is 3.06. The number of nitrogens with zero attached hydrogens (tertiary/aromatic N) is 2. The lowest BCUT2D eigenvalue weighted by molar-refractivity contribution is 0.100. The van der Waals surface area contributed by atoms with Crippen LogP contribution in [0, 0.1) is 5.82 Å². The molecule has 5 nitrogen and oxygen atoms in total. The molecule has 0 aliphatic carbocycles. The molecule has 1 heterocycles. The van der Waals surface area contributed by atoms with Crippen LogP contribution in [-0.2, 0) is 6.54 Å². The van der Waals surface area contributed by atoms with Gasteiger partial charge in [-0.15, -0.1) is 0 Å². The Balaban J connectivity index is 2.04. The highest BCUT2D eigenvalue weighted by atomic mass is 19.1. The summed E-state index contributed by atoms with van der Waals surface area (Å²) in [6.07, 6.45) is 1.65. The van der Waals surface area contributed by atoms with Crippen LogP contribution in [0.1, 0.15) is 15.9 Å². The number of primary amides is 1. The van der Waals surface area contributed by atoms with E-state index < -0.39 is 5.91 Å². The minimum atomic E-state index is -0.580. The molecule has 1 amide bonds. The average Bonchev–Trinajstić information content (AvgIpc) is 2.82. The van der Waals surface area contributed by atoms with E-state index in [1.54, 1.807) is 30.6 Å². The fourth-order valence-corrected chi connectivity index (χ4v) is 2.25. The molecule has 0 radical (unpaired) electrons. The molecule has 1 aromatic heterocycles. The fraction of sp³-hybridized carbons (Fsp3) is 0.0667. The Bertz CT molecular complexity index is 824. The summed E-state index contributed by atoms with van der Waals surface area (Å²) in [5.41, 5.74) is 14.0. The normalized spacial score (nSPS) is 10.9. The molecule has 0 atom stereocenters. The van der Waals surface area contributed by atoms with Gasteiger partial charge in [-0.25, -0.2) is 9.37 Å². The van der Waals surface area contributed by atoms with Crippen molar-refractivity contribution in [1.82, 2.24) is 9.55 Å². The average molecular weight is 284 g/mol. The van der Waals surface area contributed by atoms with Crippen LogP contribution in [0.5, 0.6) is 0 Å². The molecular formula is C15H13FN4O. The number of nitrogen functional groups attached to an aromatic ring is 1. The Hall–Kier alpha value is -2.89. The number of hydrogen-bond donors (Lipinski definition) is 2. The Morgan fingerprint density at radius 2 is 1.95 bits per heavy atom. The molecule has 0 aliphatic rings. The van der Waals surface area contributed by atoms with Crippen molar-refractivity contribution in [1.29, 1.82) is 0 Å². The Labute approximate surface area is 120 Å². The van der Waals surface area contributed by atoms with Gasteiger partial charge in [-0.05, 0) is 29.8 Å². The van der Waals surface area contributed by atoms with E-state index in [9.17, 15) is 9.18 Å². The molecule has 106 valence electrons. The van der Waals surface area contributed by atoms with Crippen LogP contribution in [0.3, 0.4) is 0 Å². The van der Waals surface area contributed by atoms with E-state index in [0.717, 1.165) is 11.1 Å². The molecule has 0 bridgehead atoms. The van der Waals surface area contributed by atoms with Crippen LogP contribution in [0.15, 0.2) is 42.7 Å². The van der Waals surface area contributed by atoms with Gasteiger partial charge in [-0.2, -0.15) is 0 Å². The number of amides is 1. The number of halogens is 1. The summed E-state index contributed by atoms with van der Waals surface area (Å²) in [6, 6.07) is 9.46. The van der Waals surface area contributed by atoms with Crippen LogP contribution in [0.25, 0.3) is 11.0 Å². The molecule has 0 saturated heterocycles. The number of benzene rings is 2. The zero-order valence-corrected chi connectivity index (χ0v) is 11.1. The molecular weight excluding hydrogens is 271 g/mol. The predicted octanol–water partition coefficient (Wildman–Crippen LogP) is 1.90. The maximum atomic E-state index is 12.9. The number of carbonyl (C=O) groups excluding carboxylic acids is 1. The summed E-state index contributed by atoms with van der Waals surface area (Å²) in [7, 11) is 0. The van der Waals surface area contributed by atoms with Crippen molar-refractivity contribution in [3.05, 3.63) is 59.7 Å². The van der Waals surface area contributed by atoms with Crippen LogP contribution < -0.4 is 11.5 Å². The smallest absolute Gasteiger partial charge is 0.250 e. The summed E-state index contributed by atoms with van der Waals surface area (Å²) in [5.74, 6) is -0.859. The van der Waals surface area contributed by atoms with Gasteiger partial charge >= 0.3 is 0 Å². The molecule has 2 aromatic carbocycles. The first kappa shape index (κ1) is 13.1. The van der Waals surface area contributed by atoms with Crippen molar-refractivity contribution in [2.45, 2.75) is 6.54 Å². The van der Waals surface area contributed by atoms with Gasteiger partial charge in [0.05, 0.1) is 22.9 Å². The lowest BCUT2D eigenvalue weighted by Gasteiger charge is -2.07. The molecule has 3 aromatic rings. The third-order valence-electron chi connectivity index (χ3n) is 3.32. The second-order valence-corrected chi connectivity index (χ2v) is 4.79. The van der Waals surface area contributed by atoms with Crippen molar-refractivity contribution in [3.8, 4) is 0 Å². The van der Waals surface area contributed by atoms with Crippen molar-refractivity contribution < 1.29 is 9.18 Å². The van der Waals surface area contributed by atoms with E-state index in [2.05, 4.69) is 4.98 Å². The molecule has 0 unspecified atom stereocenters. The lowest BCUT2D eigenvalue weighted by Crippen LogP contribution is -2.13. The molecule has 4 N–H and O–H groups in total. The highest BCUT2D eigenvalue weighted by Gasteiger charge is 2.11. The van der Waals surface area contributed by atoms with E-state index in [1.165, 1.54) is 12.1 Å². The van der Waals surface area contributed by atoms with E-state index in [0.29, 0.717) is 17.7 Å². The van der Waals surface area contributed by atoms with E-state index in [-0.39, 0.29) is 11.4 Å². The zero-order chi connectivity index (χ0) is 15.0. The molecule has 21 heavy (non-hydrogen) atoms. The van der Waals surface area contributed by atoms with Gasteiger partial charge in [0, 0.05) is 12.2 Å². The summed E-state index contributed by atoms with van der Waals surface area (Å²) in [5, 5.41) is 0. The van der Waals surface area contributed by atoms with Gasteiger partial charge in [0.25, 0.3) is 5.91 Å². The highest BCUT2D eigenvalue weighted by molar-refractivity contribution is 6.01. The van der Waals surface area contributed by atoms with Crippen LogP contribution in [0.4, 0.5) is 10.1 Å². The minimum absolute atomic E-state index is 0.267. The number of rotatable bonds is 3. The number of hydrogen-bond acceptors (Lipinski definition) is 3. The predicted molar refractivity (Wildman–Crippen MR) is 78.2 cm³/mol. The molecule has 3 rings (SSSR count). The van der Waals surface area contributed by atoms with Gasteiger partial charge in [-0.3, -0.25) is 4.79 Å². The first-order chi connectivity index (χ1) is 10.0. The second-order valence-electron chi connectivity index (χ2n) is 4.79. The number of anilines is 1. The third kappa shape index (κ3) is 2.43. The van der Waals surface area contributed by atoms with Crippen molar-refractivity contribution in [3.63, 3.8) is 0 Å². The Morgan fingerprint density at radius 3 is 2.62 bits per heavy atom. The molecule has 0 fully saturated rings. The molecule has 0 spiro atoms. The van der Waals surface area contributed by atoms with Gasteiger partial charge in [0.15, 0.2) is 0 Å². The fourth-order valence-electron chi connectivity index (χ4n) is 2.25. The number of fused-ring (bicyclic) bond motifs is 1. The zero-order valence-electron chi connectivity index (χ0n) is 11.1. The number of nitrogens with two attached hydrogens (primary N) is 2. The van der Waals surface area contributed by atoms with Gasteiger partial charge in [-0.1, -0.05) is 12.1 Å². The van der Waals surface area contributed by atoms with Crippen LogP contribution >= 0.6 is 0 Å². The highest BCUT2D eigenvalue weighted by Crippen LogP contribution is 2.21. The van der Waals surface area contributed by atoms with Crippen molar-refractivity contribution in [2.24, 2.45) is 5.73 Å².